The van der Waals surface area contributed by atoms with E-state index in [2.05, 4.69) is 5.32 Å². The summed E-state index contributed by atoms with van der Waals surface area (Å²) in [5.41, 5.74) is 5.83. The molecule has 1 saturated carbocycles. The lowest BCUT2D eigenvalue weighted by Gasteiger charge is -2.19. The van der Waals surface area contributed by atoms with Crippen molar-refractivity contribution in [3.05, 3.63) is 29.8 Å². The Morgan fingerprint density at radius 2 is 1.96 bits per heavy atom. The third kappa shape index (κ3) is 4.84. The SMILES string of the molecule is CN(Cc1cccc(NC(=O)C2(N)CC2)c1)C(=O)C(F)(F)F.Cl. The number of amides is 2. The van der Waals surface area contributed by atoms with Gasteiger partial charge in [0, 0.05) is 19.3 Å². The van der Waals surface area contributed by atoms with Gasteiger partial charge in [0.2, 0.25) is 5.91 Å². The van der Waals surface area contributed by atoms with E-state index < -0.39 is 17.6 Å². The summed E-state index contributed by atoms with van der Waals surface area (Å²) in [5.74, 6) is -2.23. The van der Waals surface area contributed by atoms with Crippen LogP contribution in [0.5, 0.6) is 0 Å². The van der Waals surface area contributed by atoms with Crippen molar-refractivity contribution in [3.8, 4) is 0 Å². The predicted molar refractivity (Wildman–Crippen MR) is 81.0 cm³/mol. The van der Waals surface area contributed by atoms with E-state index in [1.807, 2.05) is 0 Å². The maximum atomic E-state index is 12.3. The lowest BCUT2D eigenvalue weighted by molar-refractivity contribution is -0.184. The molecule has 0 aliphatic heterocycles. The van der Waals surface area contributed by atoms with Crippen LogP contribution < -0.4 is 11.1 Å². The highest BCUT2D eigenvalue weighted by molar-refractivity contribution is 6.00. The fourth-order valence-electron chi connectivity index (χ4n) is 1.93. The van der Waals surface area contributed by atoms with Crippen LogP contribution in [0.2, 0.25) is 0 Å². The highest BCUT2D eigenvalue weighted by Crippen LogP contribution is 2.33. The summed E-state index contributed by atoms with van der Waals surface area (Å²) >= 11 is 0. The Morgan fingerprint density at radius 1 is 1.35 bits per heavy atom. The molecule has 1 aliphatic rings. The van der Waals surface area contributed by atoms with Crippen LogP contribution in [0.15, 0.2) is 24.3 Å². The van der Waals surface area contributed by atoms with Gasteiger partial charge in [0.05, 0.1) is 5.54 Å². The smallest absolute Gasteiger partial charge is 0.334 e. The Hall–Kier alpha value is -1.80. The number of carbonyl (C=O) groups is 2. The molecule has 0 bridgehead atoms. The molecular formula is C14H17ClF3N3O2. The standard InChI is InChI=1S/C14H16F3N3O2.ClH/c1-20(12(22)14(15,16)17)8-9-3-2-4-10(7-9)19-11(21)13(18)5-6-13;/h2-4,7H,5-6,8,18H2,1H3,(H,19,21);1H. The average molecular weight is 352 g/mol. The Kier molecular flexibility index (Phi) is 5.65. The Labute approximate surface area is 137 Å². The summed E-state index contributed by atoms with van der Waals surface area (Å²) in [6, 6.07) is 6.29. The molecule has 128 valence electrons. The summed E-state index contributed by atoms with van der Waals surface area (Å²) < 4.78 is 37.0. The maximum absolute atomic E-state index is 12.3. The third-order valence-electron chi connectivity index (χ3n) is 3.43. The number of nitrogens with two attached hydrogens (primary N) is 1. The van der Waals surface area contributed by atoms with Gasteiger partial charge in [0.25, 0.3) is 0 Å². The minimum atomic E-state index is -4.90. The van der Waals surface area contributed by atoms with Gasteiger partial charge in [0.15, 0.2) is 0 Å². The molecule has 0 heterocycles. The number of nitrogens with zero attached hydrogens (tertiary/aromatic N) is 1. The number of carbonyl (C=O) groups excluding carboxylic acids is 2. The molecule has 3 N–H and O–H groups in total. The number of halogens is 4. The Morgan fingerprint density at radius 3 is 2.48 bits per heavy atom. The highest BCUT2D eigenvalue weighted by atomic mass is 35.5. The van der Waals surface area contributed by atoms with Gasteiger partial charge in [0.1, 0.15) is 0 Å². The van der Waals surface area contributed by atoms with Crippen LogP contribution in [0.4, 0.5) is 18.9 Å². The number of anilines is 1. The van der Waals surface area contributed by atoms with Crippen molar-refractivity contribution < 1.29 is 22.8 Å². The van der Waals surface area contributed by atoms with E-state index in [0.29, 0.717) is 29.0 Å². The summed E-state index contributed by atoms with van der Waals surface area (Å²) in [7, 11) is 1.07. The molecule has 0 atom stereocenters. The topological polar surface area (TPSA) is 75.4 Å². The number of rotatable bonds is 4. The van der Waals surface area contributed by atoms with Crippen LogP contribution in [0.1, 0.15) is 18.4 Å². The van der Waals surface area contributed by atoms with E-state index in [1.54, 1.807) is 18.2 Å². The van der Waals surface area contributed by atoms with Gasteiger partial charge in [-0.25, -0.2) is 0 Å². The first kappa shape index (κ1) is 19.2. The van der Waals surface area contributed by atoms with E-state index in [4.69, 9.17) is 5.73 Å². The van der Waals surface area contributed by atoms with Crippen LogP contribution in [0.3, 0.4) is 0 Å². The van der Waals surface area contributed by atoms with Gasteiger partial charge in [-0.2, -0.15) is 13.2 Å². The van der Waals surface area contributed by atoms with E-state index in [-0.39, 0.29) is 24.9 Å². The van der Waals surface area contributed by atoms with Crippen molar-refractivity contribution in [1.29, 1.82) is 0 Å². The summed E-state index contributed by atoms with van der Waals surface area (Å²) in [6.07, 6.45) is -3.68. The van der Waals surface area contributed by atoms with Gasteiger partial charge < -0.3 is 16.0 Å². The number of alkyl halides is 3. The Bertz CT molecular complexity index is 603. The average Bonchev–Trinajstić information content (AvgIpc) is 3.16. The number of nitrogens with one attached hydrogen (secondary N) is 1. The number of benzene rings is 1. The zero-order chi connectivity index (χ0) is 16.5. The third-order valence-corrected chi connectivity index (χ3v) is 3.43. The minimum Gasteiger partial charge on any atom is -0.334 e. The molecule has 2 amide bonds. The lowest BCUT2D eigenvalue weighted by atomic mass is 10.1. The summed E-state index contributed by atoms with van der Waals surface area (Å²) in [5, 5.41) is 2.63. The molecule has 23 heavy (non-hydrogen) atoms. The number of hydrogen-bond donors (Lipinski definition) is 2. The highest BCUT2D eigenvalue weighted by Gasteiger charge is 2.46. The van der Waals surface area contributed by atoms with E-state index in [1.165, 1.54) is 6.07 Å². The molecule has 1 aromatic rings. The fraction of sp³-hybridized carbons (Fsp3) is 0.429. The first-order chi connectivity index (χ1) is 10.1. The molecule has 2 rings (SSSR count). The van der Waals surface area contributed by atoms with Crippen molar-refractivity contribution in [2.75, 3.05) is 12.4 Å². The minimum absolute atomic E-state index is 0. The zero-order valence-electron chi connectivity index (χ0n) is 12.3. The summed E-state index contributed by atoms with van der Waals surface area (Å²) in [6.45, 7) is -0.212. The molecular weight excluding hydrogens is 335 g/mol. The van der Waals surface area contributed by atoms with E-state index >= 15 is 0 Å². The van der Waals surface area contributed by atoms with Crippen molar-refractivity contribution in [2.24, 2.45) is 5.73 Å². The van der Waals surface area contributed by atoms with Crippen molar-refractivity contribution in [1.82, 2.24) is 4.90 Å². The maximum Gasteiger partial charge on any atom is 0.471 e. The van der Waals surface area contributed by atoms with Crippen molar-refractivity contribution >= 4 is 29.9 Å². The van der Waals surface area contributed by atoms with Crippen LogP contribution in [-0.2, 0) is 16.1 Å². The quantitative estimate of drug-likeness (QED) is 0.872. The van der Waals surface area contributed by atoms with Crippen LogP contribution in [-0.4, -0.2) is 35.5 Å². The molecule has 5 nitrogen and oxygen atoms in total. The molecule has 9 heteroatoms. The largest absolute Gasteiger partial charge is 0.471 e. The fourth-order valence-corrected chi connectivity index (χ4v) is 1.93. The van der Waals surface area contributed by atoms with E-state index in [0.717, 1.165) is 7.05 Å². The monoisotopic (exact) mass is 351 g/mol. The van der Waals surface area contributed by atoms with Gasteiger partial charge in [-0.05, 0) is 30.5 Å². The van der Waals surface area contributed by atoms with Crippen molar-refractivity contribution in [2.45, 2.75) is 31.1 Å². The summed E-state index contributed by atoms with van der Waals surface area (Å²) in [4.78, 5) is 23.5. The molecule has 1 aliphatic carbocycles. The van der Waals surface area contributed by atoms with Crippen LogP contribution in [0, 0.1) is 0 Å². The predicted octanol–water partition coefficient (Wildman–Crippen LogP) is 2.06. The van der Waals surface area contributed by atoms with Gasteiger partial charge >= 0.3 is 12.1 Å². The number of hydrogen-bond acceptors (Lipinski definition) is 3. The zero-order valence-corrected chi connectivity index (χ0v) is 13.1. The molecule has 0 aromatic heterocycles. The lowest BCUT2D eigenvalue weighted by Crippen LogP contribution is -2.38. The van der Waals surface area contributed by atoms with Crippen LogP contribution >= 0.6 is 12.4 Å². The molecule has 0 spiro atoms. The first-order valence-electron chi connectivity index (χ1n) is 6.63. The second-order valence-corrected chi connectivity index (χ2v) is 5.47. The molecule has 0 radical (unpaired) electrons. The van der Waals surface area contributed by atoms with Gasteiger partial charge in [-0.1, -0.05) is 12.1 Å². The first-order valence-corrected chi connectivity index (χ1v) is 6.63. The normalized spacial score (nSPS) is 15.3. The molecule has 0 saturated heterocycles. The second-order valence-electron chi connectivity index (χ2n) is 5.47. The van der Waals surface area contributed by atoms with Gasteiger partial charge in [-0.15, -0.1) is 12.4 Å². The van der Waals surface area contributed by atoms with Gasteiger partial charge in [-0.3, -0.25) is 9.59 Å². The van der Waals surface area contributed by atoms with Crippen LogP contribution in [0.25, 0.3) is 0 Å². The Balaban J connectivity index is 0.00000264. The molecule has 1 aromatic carbocycles. The molecule has 0 unspecified atom stereocenters. The molecule has 1 fully saturated rings. The van der Waals surface area contributed by atoms with Crippen molar-refractivity contribution in [3.63, 3.8) is 0 Å². The van der Waals surface area contributed by atoms with E-state index in [9.17, 15) is 22.8 Å². The second kappa shape index (κ2) is 6.76.